The summed E-state index contributed by atoms with van der Waals surface area (Å²) in [5.74, 6) is -1.12. The number of amides is 1. The first-order valence-corrected chi connectivity index (χ1v) is 10.3. The van der Waals surface area contributed by atoms with Gasteiger partial charge in [-0.3, -0.25) is 14.6 Å². The second-order valence-electron chi connectivity index (χ2n) is 7.02. The van der Waals surface area contributed by atoms with Crippen molar-refractivity contribution in [2.24, 2.45) is 0 Å². The molecule has 1 aliphatic heterocycles. The fraction of sp³-hybridized carbons (Fsp3) is 0.318. The Balaban J connectivity index is 2.08. The molecular formula is C22H23BrN2O5. The Kier molecular flexibility index (Phi) is 6.89. The first kappa shape index (κ1) is 22.0. The summed E-state index contributed by atoms with van der Waals surface area (Å²) in [6.07, 6.45) is 1.58. The predicted molar refractivity (Wildman–Crippen MR) is 115 cm³/mol. The van der Waals surface area contributed by atoms with Crippen LogP contribution in [0.4, 0.5) is 0 Å². The number of carbonyl (C=O) groups is 2. The second kappa shape index (κ2) is 9.40. The van der Waals surface area contributed by atoms with Gasteiger partial charge in [-0.25, -0.2) is 0 Å². The zero-order valence-corrected chi connectivity index (χ0v) is 18.5. The number of rotatable bonds is 7. The summed E-state index contributed by atoms with van der Waals surface area (Å²) >= 11 is 3.38. The van der Waals surface area contributed by atoms with Crippen molar-refractivity contribution in [1.29, 1.82) is 0 Å². The van der Waals surface area contributed by atoms with Gasteiger partial charge in [0.05, 0.1) is 35.6 Å². The Morgan fingerprint density at radius 2 is 2.03 bits per heavy atom. The molecule has 7 nitrogen and oxygen atoms in total. The van der Waals surface area contributed by atoms with Crippen molar-refractivity contribution in [1.82, 2.24) is 9.88 Å². The normalized spacial score (nSPS) is 18.3. The highest BCUT2D eigenvalue weighted by Crippen LogP contribution is 2.39. The van der Waals surface area contributed by atoms with Crippen LogP contribution in [0.2, 0.25) is 0 Å². The lowest BCUT2D eigenvalue weighted by Crippen LogP contribution is -2.33. The molecule has 2 heterocycles. The van der Waals surface area contributed by atoms with E-state index >= 15 is 0 Å². The van der Waals surface area contributed by atoms with E-state index in [9.17, 15) is 14.7 Å². The molecule has 1 N–H and O–H groups in total. The summed E-state index contributed by atoms with van der Waals surface area (Å²) in [5, 5.41) is 11.0. The van der Waals surface area contributed by atoms with Gasteiger partial charge < -0.3 is 19.5 Å². The largest absolute Gasteiger partial charge is 0.507 e. The van der Waals surface area contributed by atoms with Gasteiger partial charge in [0.15, 0.2) is 0 Å². The third-order valence-electron chi connectivity index (χ3n) is 4.72. The molecule has 158 valence electrons. The molecule has 0 saturated carbocycles. The van der Waals surface area contributed by atoms with Crippen molar-refractivity contribution in [3.8, 4) is 5.75 Å². The summed E-state index contributed by atoms with van der Waals surface area (Å²) in [5.41, 5.74) is 0.885. The van der Waals surface area contributed by atoms with E-state index in [0.29, 0.717) is 21.5 Å². The number of aliphatic hydroxyl groups excluding tert-OH is 1. The number of Topliss-reactive ketones (excluding diaryl/α,β-unsaturated/α-hetero) is 1. The van der Waals surface area contributed by atoms with E-state index in [0.717, 1.165) is 0 Å². The lowest BCUT2D eigenvalue weighted by Gasteiger charge is -2.24. The van der Waals surface area contributed by atoms with Gasteiger partial charge in [-0.05, 0) is 60.1 Å². The molecule has 2 aromatic rings. The number of likely N-dealkylation sites (tertiary alicyclic amines) is 1. The number of aliphatic hydroxyl groups is 1. The molecule has 1 fully saturated rings. The summed E-state index contributed by atoms with van der Waals surface area (Å²) in [6.45, 7) is 4.26. The maximum atomic E-state index is 12.9. The minimum absolute atomic E-state index is 0.000291. The Bertz CT molecular complexity index is 975. The average Bonchev–Trinajstić information content (AvgIpc) is 2.98. The fourth-order valence-corrected chi connectivity index (χ4v) is 3.85. The van der Waals surface area contributed by atoms with Crippen LogP contribution in [0, 0.1) is 0 Å². The number of hydrogen-bond donors (Lipinski definition) is 1. The smallest absolute Gasteiger partial charge is 0.295 e. The van der Waals surface area contributed by atoms with Crippen LogP contribution in [-0.4, -0.2) is 53.0 Å². The first-order chi connectivity index (χ1) is 14.3. The van der Waals surface area contributed by atoms with Crippen molar-refractivity contribution in [2.75, 3.05) is 20.3 Å². The van der Waals surface area contributed by atoms with Crippen molar-refractivity contribution < 1.29 is 24.2 Å². The molecule has 1 aromatic heterocycles. The van der Waals surface area contributed by atoms with Crippen molar-refractivity contribution in [3.05, 3.63) is 63.9 Å². The number of ether oxygens (including phenoxy) is 2. The summed E-state index contributed by atoms with van der Waals surface area (Å²) in [6, 6.07) is 9.38. The zero-order chi connectivity index (χ0) is 21.8. The monoisotopic (exact) mass is 474 g/mol. The number of carbonyl (C=O) groups excluding carboxylic acids is 2. The lowest BCUT2D eigenvalue weighted by molar-refractivity contribution is -0.140. The average molecular weight is 475 g/mol. The number of pyridine rings is 1. The third-order valence-corrected chi connectivity index (χ3v) is 5.34. The maximum Gasteiger partial charge on any atom is 0.295 e. The van der Waals surface area contributed by atoms with E-state index in [1.165, 1.54) is 12.0 Å². The van der Waals surface area contributed by atoms with Gasteiger partial charge in [-0.2, -0.15) is 0 Å². The number of methoxy groups -OCH3 is 1. The van der Waals surface area contributed by atoms with Crippen LogP contribution in [0.1, 0.15) is 31.1 Å². The molecule has 0 radical (unpaired) electrons. The molecule has 1 atom stereocenters. The molecule has 1 aromatic carbocycles. The minimum Gasteiger partial charge on any atom is -0.507 e. The number of ketones is 1. The Morgan fingerprint density at radius 3 is 2.63 bits per heavy atom. The van der Waals surface area contributed by atoms with E-state index in [4.69, 9.17) is 9.47 Å². The zero-order valence-electron chi connectivity index (χ0n) is 17.0. The SMILES string of the molecule is COc1ccc(/C(O)=C2/C(=O)C(=O)N(CCOC(C)C)C2c2ccccn2)cc1Br. The Morgan fingerprint density at radius 1 is 1.27 bits per heavy atom. The van der Waals surface area contributed by atoms with Gasteiger partial charge in [0.1, 0.15) is 17.6 Å². The molecule has 8 heteroatoms. The molecule has 1 unspecified atom stereocenters. The number of halogens is 1. The van der Waals surface area contributed by atoms with Gasteiger partial charge in [0.2, 0.25) is 0 Å². The highest BCUT2D eigenvalue weighted by molar-refractivity contribution is 9.10. The van der Waals surface area contributed by atoms with Crippen molar-refractivity contribution >= 4 is 33.4 Å². The quantitative estimate of drug-likeness (QED) is 0.373. The van der Waals surface area contributed by atoms with Gasteiger partial charge in [0.25, 0.3) is 11.7 Å². The van der Waals surface area contributed by atoms with Gasteiger partial charge in [0, 0.05) is 18.3 Å². The summed E-state index contributed by atoms with van der Waals surface area (Å²) in [7, 11) is 1.53. The second-order valence-corrected chi connectivity index (χ2v) is 7.87. The topological polar surface area (TPSA) is 89.0 Å². The van der Waals surface area contributed by atoms with Crippen LogP contribution in [0.3, 0.4) is 0 Å². The molecule has 0 spiro atoms. The van der Waals surface area contributed by atoms with Crippen LogP contribution in [0.25, 0.3) is 5.76 Å². The Labute approximate surface area is 183 Å². The van der Waals surface area contributed by atoms with E-state index in [1.54, 1.807) is 42.6 Å². The summed E-state index contributed by atoms with van der Waals surface area (Å²) < 4.78 is 11.4. The molecule has 1 saturated heterocycles. The van der Waals surface area contributed by atoms with E-state index < -0.39 is 17.7 Å². The van der Waals surface area contributed by atoms with Gasteiger partial charge >= 0.3 is 0 Å². The van der Waals surface area contributed by atoms with Crippen LogP contribution in [-0.2, 0) is 14.3 Å². The predicted octanol–water partition coefficient (Wildman–Crippen LogP) is 3.70. The molecule has 3 rings (SSSR count). The van der Waals surface area contributed by atoms with Crippen LogP contribution in [0.15, 0.2) is 52.6 Å². The van der Waals surface area contributed by atoms with Crippen LogP contribution < -0.4 is 4.74 Å². The maximum absolute atomic E-state index is 12.9. The highest BCUT2D eigenvalue weighted by Gasteiger charge is 2.46. The summed E-state index contributed by atoms with van der Waals surface area (Å²) in [4.78, 5) is 31.4. The third kappa shape index (κ3) is 4.39. The molecular weight excluding hydrogens is 452 g/mol. The van der Waals surface area contributed by atoms with Crippen LogP contribution in [0.5, 0.6) is 5.75 Å². The number of benzene rings is 1. The Hall–Kier alpha value is -2.71. The van der Waals surface area contributed by atoms with E-state index in [1.807, 2.05) is 13.8 Å². The number of aromatic nitrogens is 1. The van der Waals surface area contributed by atoms with Gasteiger partial charge in [-0.1, -0.05) is 6.07 Å². The van der Waals surface area contributed by atoms with E-state index in [-0.39, 0.29) is 30.6 Å². The van der Waals surface area contributed by atoms with E-state index in [2.05, 4.69) is 20.9 Å². The first-order valence-electron chi connectivity index (χ1n) is 9.50. The standard InChI is InChI=1S/C22H23BrN2O5/c1-13(2)30-11-10-25-19(16-6-4-5-9-24-16)18(21(27)22(25)28)20(26)14-7-8-17(29-3)15(23)12-14/h4-9,12-13,19,26H,10-11H2,1-3H3/b20-18-. The lowest BCUT2D eigenvalue weighted by atomic mass is 9.98. The molecule has 30 heavy (non-hydrogen) atoms. The van der Waals surface area contributed by atoms with Crippen molar-refractivity contribution in [2.45, 2.75) is 26.0 Å². The number of nitrogens with zero attached hydrogens (tertiary/aromatic N) is 2. The van der Waals surface area contributed by atoms with Gasteiger partial charge in [-0.15, -0.1) is 0 Å². The molecule has 0 aliphatic carbocycles. The van der Waals surface area contributed by atoms with Crippen molar-refractivity contribution in [3.63, 3.8) is 0 Å². The van der Waals surface area contributed by atoms with Crippen LogP contribution >= 0.6 is 15.9 Å². The highest BCUT2D eigenvalue weighted by atomic mass is 79.9. The fourth-order valence-electron chi connectivity index (χ4n) is 3.31. The minimum atomic E-state index is -0.803. The number of hydrogen-bond acceptors (Lipinski definition) is 6. The molecule has 0 bridgehead atoms. The molecule has 1 amide bonds. The molecule has 1 aliphatic rings.